The Bertz CT molecular complexity index is 874. The van der Waals surface area contributed by atoms with Crippen LogP contribution in [0.5, 0.6) is 0 Å². The first-order valence-corrected chi connectivity index (χ1v) is 8.42. The van der Waals surface area contributed by atoms with Crippen LogP contribution in [0.4, 0.5) is 0 Å². The van der Waals surface area contributed by atoms with Gasteiger partial charge in [0.05, 0.1) is 11.8 Å². The van der Waals surface area contributed by atoms with Crippen molar-refractivity contribution < 1.29 is 19.1 Å². The minimum atomic E-state index is -0.466. The molecule has 4 nitrogen and oxygen atoms in total. The van der Waals surface area contributed by atoms with Crippen LogP contribution in [0.15, 0.2) is 22.8 Å². The first-order chi connectivity index (χ1) is 11.5. The van der Waals surface area contributed by atoms with Crippen molar-refractivity contribution in [1.29, 1.82) is 0 Å². The number of Topliss-reactive ketones (excluding diaryl/α,β-unsaturated/α-hetero) is 2. The zero-order valence-electron chi connectivity index (χ0n) is 13.9. The maximum atomic E-state index is 12.8. The number of ketones is 2. The van der Waals surface area contributed by atoms with E-state index < -0.39 is 11.6 Å². The van der Waals surface area contributed by atoms with Crippen molar-refractivity contribution in [2.24, 2.45) is 0 Å². The first kappa shape index (κ1) is 15.3. The number of fused-ring (bicyclic) bond motifs is 5. The maximum absolute atomic E-state index is 12.8. The summed E-state index contributed by atoms with van der Waals surface area (Å²) in [4.78, 5) is 25.4. The molecule has 0 saturated carbocycles. The summed E-state index contributed by atoms with van der Waals surface area (Å²) in [6.45, 7) is 4.03. The molecule has 0 radical (unpaired) electrons. The van der Waals surface area contributed by atoms with Crippen LogP contribution in [0.1, 0.15) is 63.6 Å². The lowest BCUT2D eigenvalue weighted by molar-refractivity contribution is 0.0813. The molecule has 4 rings (SSSR count). The minimum absolute atomic E-state index is 0.113. The number of aliphatic hydroxyl groups is 1. The normalized spacial score (nSPS) is 22.1. The minimum Gasteiger partial charge on any atom is -0.463 e. The van der Waals surface area contributed by atoms with Gasteiger partial charge in [-0.2, -0.15) is 0 Å². The van der Waals surface area contributed by atoms with Gasteiger partial charge in [-0.25, -0.2) is 0 Å². The quantitative estimate of drug-likeness (QED) is 0.857. The largest absolute Gasteiger partial charge is 0.463 e. The van der Waals surface area contributed by atoms with Crippen LogP contribution in [0.25, 0.3) is 11.3 Å². The van der Waals surface area contributed by atoms with Crippen LogP contribution in [0, 0.1) is 6.92 Å². The summed E-state index contributed by atoms with van der Waals surface area (Å²) >= 11 is 0. The lowest BCUT2D eigenvalue weighted by atomic mass is 9.67. The highest BCUT2D eigenvalue weighted by Gasteiger charge is 2.40. The Morgan fingerprint density at radius 1 is 1.21 bits per heavy atom. The summed E-state index contributed by atoms with van der Waals surface area (Å²) in [6.07, 6.45) is 4.91. The van der Waals surface area contributed by atoms with E-state index in [4.69, 9.17) is 4.42 Å². The molecule has 0 bridgehead atoms. The van der Waals surface area contributed by atoms with E-state index in [0.29, 0.717) is 28.9 Å². The second-order valence-electron chi connectivity index (χ2n) is 7.18. The van der Waals surface area contributed by atoms with Crippen LogP contribution in [0.2, 0.25) is 0 Å². The fourth-order valence-electron chi connectivity index (χ4n) is 4.37. The number of carbonyl (C=O) groups is 2. The third kappa shape index (κ3) is 1.89. The Kier molecular flexibility index (Phi) is 3.29. The Morgan fingerprint density at radius 3 is 2.71 bits per heavy atom. The van der Waals surface area contributed by atoms with Gasteiger partial charge in [0.2, 0.25) is 11.6 Å². The molecule has 4 heteroatoms. The maximum Gasteiger partial charge on any atom is 0.237 e. The smallest absolute Gasteiger partial charge is 0.237 e. The molecule has 1 heterocycles. The lowest BCUT2D eigenvalue weighted by Gasteiger charge is -2.37. The third-order valence-electron chi connectivity index (χ3n) is 5.66. The predicted octanol–water partition coefficient (Wildman–Crippen LogP) is 3.61. The Hall–Kier alpha value is -2.20. The van der Waals surface area contributed by atoms with E-state index in [1.165, 1.54) is 0 Å². The fraction of sp³-hybridized carbons (Fsp3) is 0.400. The molecule has 24 heavy (non-hydrogen) atoms. The topological polar surface area (TPSA) is 67.5 Å². The van der Waals surface area contributed by atoms with Gasteiger partial charge in [-0.3, -0.25) is 9.59 Å². The van der Waals surface area contributed by atoms with E-state index >= 15 is 0 Å². The highest BCUT2D eigenvalue weighted by molar-refractivity contribution is 6.53. The lowest BCUT2D eigenvalue weighted by Crippen LogP contribution is -2.32. The van der Waals surface area contributed by atoms with Crippen LogP contribution in [-0.4, -0.2) is 23.3 Å². The molecule has 1 aromatic heterocycles. The van der Waals surface area contributed by atoms with Gasteiger partial charge < -0.3 is 9.52 Å². The highest BCUT2D eigenvalue weighted by Crippen LogP contribution is 2.46. The Morgan fingerprint density at radius 2 is 1.96 bits per heavy atom. The molecule has 2 aliphatic rings. The van der Waals surface area contributed by atoms with Gasteiger partial charge in [0.25, 0.3) is 0 Å². The van der Waals surface area contributed by atoms with Gasteiger partial charge >= 0.3 is 0 Å². The molecule has 0 amide bonds. The van der Waals surface area contributed by atoms with E-state index in [1.54, 1.807) is 13.2 Å². The molecule has 1 N–H and O–H groups in total. The number of benzene rings is 1. The van der Waals surface area contributed by atoms with E-state index in [1.807, 2.05) is 12.1 Å². The first-order valence-electron chi connectivity index (χ1n) is 8.42. The van der Waals surface area contributed by atoms with E-state index in [9.17, 15) is 14.7 Å². The van der Waals surface area contributed by atoms with Crippen molar-refractivity contribution in [3.8, 4) is 11.3 Å². The summed E-state index contributed by atoms with van der Waals surface area (Å²) in [7, 11) is 0. The van der Waals surface area contributed by atoms with E-state index in [2.05, 4.69) is 6.92 Å². The third-order valence-corrected chi connectivity index (χ3v) is 5.66. The van der Waals surface area contributed by atoms with E-state index in [-0.39, 0.29) is 12.0 Å². The van der Waals surface area contributed by atoms with Crippen molar-refractivity contribution >= 4 is 11.6 Å². The number of furan rings is 1. The number of hydrogen-bond donors (Lipinski definition) is 1. The van der Waals surface area contributed by atoms with Gasteiger partial charge in [-0.1, -0.05) is 19.1 Å². The number of rotatable bonds is 2. The molecule has 0 fully saturated rings. The SMILES string of the molecule is Cc1coc2c1C(=O)C(=O)c1c-2ccc2c1CCC[C@]2(C)CCO. The van der Waals surface area contributed by atoms with Gasteiger partial charge in [0, 0.05) is 17.7 Å². The molecule has 0 spiro atoms. The van der Waals surface area contributed by atoms with Crippen molar-refractivity contribution in [3.05, 3.63) is 46.2 Å². The van der Waals surface area contributed by atoms with Crippen molar-refractivity contribution in [2.45, 2.75) is 44.9 Å². The van der Waals surface area contributed by atoms with Crippen LogP contribution in [0.3, 0.4) is 0 Å². The molecule has 2 aromatic rings. The van der Waals surface area contributed by atoms with Gasteiger partial charge in [-0.15, -0.1) is 0 Å². The van der Waals surface area contributed by atoms with Gasteiger partial charge in [0.1, 0.15) is 5.76 Å². The summed E-state index contributed by atoms with van der Waals surface area (Å²) < 4.78 is 5.61. The van der Waals surface area contributed by atoms with Crippen LogP contribution in [-0.2, 0) is 11.8 Å². The average Bonchev–Trinajstić information content (AvgIpc) is 2.94. The van der Waals surface area contributed by atoms with Crippen LogP contribution >= 0.6 is 0 Å². The molecule has 0 aliphatic heterocycles. The van der Waals surface area contributed by atoms with Gasteiger partial charge in [0.15, 0.2) is 0 Å². The van der Waals surface area contributed by atoms with Crippen molar-refractivity contribution in [1.82, 2.24) is 0 Å². The molecule has 0 unspecified atom stereocenters. The summed E-state index contributed by atoms with van der Waals surface area (Å²) in [5.41, 5.74) is 4.26. The molecule has 124 valence electrons. The zero-order chi connectivity index (χ0) is 17.1. The van der Waals surface area contributed by atoms with Gasteiger partial charge in [-0.05, 0) is 54.7 Å². The summed E-state index contributed by atoms with van der Waals surface area (Å²) in [5.74, 6) is -0.372. The predicted molar refractivity (Wildman–Crippen MR) is 89.5 cm³/mol. The highest BCUT2D eigenvalue weighted by atomic mass is 16.3. The second-order valence-corrected chi connectivity index (χ2v) is 7.18. The fourth-order valence-corrected chi connectivity index (χ4v) is 4.37. The average molecular weight is 324 g/mol. The molecule has 1 aromatic carbocycles. The molecule has 1 atom stereocenters. The molecule has 0 saturated heterocycles. The Labute approximate surface area is 140 Å². The van der Waals surface area contributed by atoms with Crippen LogP contribution < -0.4 is 0 Å². The van der Waals surface area contributed by atoms with Crippen molar-refractivity contribution in [3.63, 3.8) is 0 Å². The molecular weight excluding hydrogens is 304 g/mol. The number of carbonyl (C=O) groups excluding carboxylic acids is 2. The standard InChI is InChI=1S/C20H20O4/c1-11-10-24-19-13-5-6-14-12(4-3-7-20(14,2)8-9-21)16(13)18(23)17(22)15(11)19/h5-6,10,21H,3-4,7-9H2,1-2H3/t20-/m1/s1. The number of hydrogen-bond acceptors (Lipinski definition) is 4. The van der Waals surface area contributed by atoms with Crippen molar-refractivity contribution in [2.75, 3.05) is 6.61 Å². The summed E-state index contributed by atoms with van der Waals surface area (Å²) in [6, 6.07) is 3.95. The monoisotopic (exact) mass is 324 g/mol. The molecule has 2 aliphatic carbocycles. The summed E-state index contributed by atoms with van der Waals surface area (Å²) in [5, 5.41) is 9.44. The number of aliphatic hydroxyl groups excluding tert-OH is 1. The Balaban J connectivity index is 2.00. The number of aryl methyl sites for hydroxylation is 1. The zero-order valence-corrected chi connectivity index (χ0v) is 13.9. The van der Waals surface area contributed by atoms with E-state index in [0.717, 1.165) is 36.0 Å². The molecular formula is C20H20O4. The second kappa shape index (κ2) is 5.15.